The van der Waals surface area contributed by atoms with E-state index in [1.807, 2.05) is 67.6 Å². The lowest BCUT2D eigenvalue weighted by Crippen LogP contribution is -2.43. The topological polar surface area (TPSA) is 32.7 Å². The molecule has 1 fully saturated rings. The van der Waals surface area contributed by atoms with Gasteiger partial charge in [-0.15, -0.1) is 0 Å². The summed E-state index contributed by atoms with van der Waals surface area (Å²) in [6.45, 7) is 5.62. The van der Waals surface area contributed by atoms with Gasteiger partial charge in [-0.05, 0) is 61.7 Å². The summed E-state index contributed by atoms with van der Waals surface area (Å²) in [5, 5.41) is 12.6. The Balaban J connectivity index is 1.81. The number of rotatable bonds is 8. The summed E-state index contributed by atoms with van der Waals surface area (Å²) in [7, 11) is 0. The van der Waals surface area contributed by atoms with E-state index in [4.69, 9.17) is 4.74 Å². The zero-order chi connectivity index (χ0) is 21.5. The second-order valence-corrected chi connectivity index (χ2v) is 8.41. The standard InChI is InChI=1S/C28H33NO2/c1-2-31-26-18-16-25(17-19-26)28(30,24-14-8-4-9-15-24)27(23-12-6-3-7-13-23)22-29-20-10-5-11-21-29/h3-4,6-9,12-19,27,30H,2,5,10-11,20-22H2,1H3. The fourth-order valence-corrected chi connectivity index (χ4v) is 4.80. The van der Waals surface area contributed by atoms with Crippen LogP contribution in [0.25, 0.3) is 0 Å². The van der Waals surface area contributed by atoms with E-state index in [0.717, 1.165) is 42.1 Å². The van der Waals surface area contributed by atoms with Gasteiger partial charge in [-0.1, -0.05) is 79.2 Å². The quantitative estimate of drug-likeness (QED) is 0.520. The molecular weight excluding hydrogens is 382 g/mol. The van der Waals surface area contributed by atoms with Crippen LogP contribution in [-0.2, 0) is 5.60 Å². The molecule has 0 bridgehead atoms. The van der Waals surface area contributed by atoms with Gasteiger partial charge < -0.3 is 14.7 Å². The van der Waals surface area contributed by atoms with Crippen LogP contribution in [0.3, 0.4) is 0 Å². The lowest BCUT2D eigenvalue weighted by Gasteiger charge is -2.41. The maximum absolute atomic E-state index is 12.6. The van der Waals surface area contributed by atoms with E-state index in [0.29, 0.717) is 6.61 Å². The van der Waals surface area contributed by atoms with Crippen molar-refractivity contribution in [3.63, 3.8) is 0 Å². The highest BCUT2D eigenvalue weighted by Gasteiger charge is 2.42. The normalized spacial score (nSPS) is 17.6. The van der Waals surface area contributed by atoms with E-state index in [1.54, 1.807) is 0 Å². The Morgan fingerprint density at radius 1 is 0.806 bits per heavy atom. The molecule has 3 aromatic rings. The highest BCUT2D eigenvalue weighted by molar-refractivity contribution is 5.43. The number of hydrogen-bond donors (Lipinski definition) is 1. The smallest absolute Gasteiger partial charge is 0.123 e. The minimum absolute atomic E-state index is 0.0906. The maximum atomic E-state index is 12.6. The van der Waals surface area contributed by atoms with Gasteiger partial charge in [0.25, 0.3) is 0 Å². The number of benzene rings is 3. The molecule has 3 aromatic carbocycles. The largest absolute Gasteiger partial charge is 0.494 e. The van der Waals surface area contributed by atoms with Crippen LogP contribution in [0.2, 0.25) is 0 Å². The van der Waals surface area contributed by atoms with Crippen LogP contribution in [0, 0.1) is 0 Å². The number of likely N-dealkylation sites (tertiary alicyclic amines) is 1. The maximum Gasteiger partial charge on any atom is 0.123 e. The molecule has 1 N–H and O–H groups in total. The molecule has 1 aliphatic rings. The van der Waals surface area contributed by atoms with Gasteiger partial charge in [0.2, 0.25) is 0 Å². The van der Waals surface area contributed by atoms with Crippen molar-refractivity contribution >= 4 is 0 Å². The molecule has 4 rings (SSSR count). The molecule has 0 spiro atoms. The number of ether oxygens (including phenoxy) is 1. The molecule has 0 aromatic heterocycles. The monoisotopic (exact) mass is 415 g/mol. The van der Waals surface area contributed by atoms with Crippen LogP contribution in [0.15, 0.2) is 84.9 Å². The van der Waals surface area contributed by atoms with E-state index in [-0.39, 0.29) is 5.92 Å². The lowest BCUT2D eigenvalue weighted by atomic mass is 9.72. The van der Waals surface area contributed by atoms with Crippen molar-refractivity contribution in [1.29, 1.82) is 0 Å². The molecule has 0 saturated carbocycles. The first-order valence-corrected chi connectivity index (χ1v) is 11.5. The summed E-state index contributed by atoms with van der Waals surface area (Å²) in [5.41, 5.74) is 1.83. The zero-order valence-corrected chi connectivity index (χ0v) is 18.4. The minimum Gasteiger partial charge on any atom is -0.494 e. The fourth-order valence-electron chi connectivity index (χ4n) is 4.80. The van der Waals surface area contributed by atoms with Crippen LogP contribution >= 0.6 is 0 Å². The molecule has 162 valence electrons. The Morgan fingerprint density at radius 2 is 1.39 bits per heavy atom. The Hall–Kier alpha value is -2.62. The Kier molecular flexibility index (Phi) is 7.06. The van der Waals surface area contributed by atoms with E-state index < -0.39 is 5.60 Å². The van der Waals surface area contributed by atoms with Crippen molar-refractivity contribution in [2.24, 2.45) is 0 Å². The number of nitrogens with zero attached hydrogens (tertiary/aromatic N) is 1. The van der Waals surface area contributed by atoms with Crippen molar-refractivity contribution in [2.45, 2.75) is 37.7 Å². The molecular formula is C28H33NO2. The summed E-state index contributed by atoms with van der Waals surface area (Å²) in [5.74, 6) is 0.737. The highest BCUT2D eigenvalue weighted by atomic mass is 16.5. The third-order valence-corrected chi connectivity index (χ3v) is 6.42. The van der Waals surface area contributed by atoms with Gasteiger partial charge in [0.05, 0.1) is 6.61 Å². The number of piperidine rings is 1. The van der Waals surface area contributed by atoms with Gasteiger partial charge >= 0.3 is 0 Å². The highest BCUT2D eigenvalue weighted by Crippen LogP contribution is 2.43. The average Bonchev–Trinajstić information content (AvgIpc) is 2.84. The Bertz CT molecular complexity index is 920. The van der Waals surface area contributed by atoms with Crippen LogP contribution in [0.5, 0.6) is 5.75 Å². The van der Waals surface area contributed by atoms with Crippen molar-refractivity contribution < 1.29 is 9.84 Å². The Morgan fingerprint density at radius 3 is 2.00 bits per heavy atom. The van der Waals surface area contributed by atoms with Crippen molar-refractivity contribution in [3.05, 3.63) is 102 Å². The van der Waals surface area contributed by atoms with Crippen molar-refractivity contribution in [3.8, 4) is 5.75 Å². The molecule has 31 heavy (non-hydrogen) atoms. The third-order valence-electron chi connectivity index (χ3n) is 6.42. The van der Waals surface area contributed by atoms with E-state index in [2.05, 4.69) is 29.2 Å². The summed E-state index contributed by atoms with van der Waals surface area (Å²) in [6.07, 6.45) is 3.76. The number of hydrogen-bond acceptors (Lipinski definition) is 3. The molecule has 0 aliphatic carbocycles. The first-order valence-electron chi connectivity index (χ1n) is 11.5. The van der Waals surface area contributed by atoms with Gasteiger partial charge in [0.1, 0.15) is 11.4 Å². The van der Waals surface area contributed by atoms with Crippen LogP contribution in [0.4, 0.5) is 0 Å². The van der Waals surface area contributed by atoms with Gasteiger partial charge in [-0.25, -0.2) is 0 Å². The predicted octanol–water partition coefficient (Wildman–Crippen LogP) is 5.59. The second-order valence-electron chi connectivity index (χ2n) is 8.41. The predicted molar refractivity (Wildman–Crippen MR) is 127 cm³/mol. The van der Waals surface area contributed by atoms with Gasteiger partial charge in [-0.2, -0.15) is 0 Å². The molecule has 3 heteroatoms. The van der Waals surface area contributed by atoms with Crippen LogP contribution in [-0.4, -0.2) is 36.2 Å². The SMILES string of the molecule is CCOc1ccc(C(O)(c2ccccc2)C(CN2CCCCC2)c2ccccc2)cc1. The number of aliphatic hydroxyl groups is 1. The van der Waals surface area contributed by atoms with Crippen LogP contribution < -0.4 is 4.74 Å². The first kappa shape index (κ1) is 21.6. The van der Waals surface area contributed by atoms with Crippen molar-refractivity contribution in [1.82, 2.24) is 4.90 Å². The molecule has 0 radical (unpaired) electrons. The second kappa shape index (κ2) is 10.1. The van der Waals surface area contributed by atoms with Crippen molar-refractivity contribution in [2.75, 3.05) is 26.2 Å². The molecule has 2 unspecified atom stereocenters. The summed E-state index contributed by atoms with van der Waals surface area (Å²) < 4.78 is 5.66. The van der Waals surface area contributed by atoms with Gasteiger partial charge in [-0.3, -0.25) is 0 Å². The zero-order valence-electron chi connectivity index (χ0n) is 18.4. The molecule has 3 nitrogen and oxygen atoms in total. The average molecular weight is 416 g/mol. The molecule has 1 saturated heterocycles. The summed E-state index contributed by atoms with van der Waals surface area (Å²) in [6, 6.07) is 28.6. The summed E-state index contributed by atoms with van der Waals surface area (Å²) in [4.78, 5) is 2.52. The van der Waals surface area contributed by atoms with Gasteiger partial charge in [0, 0.05) is 12.5 Å². The van der Waals surface area contributed by atoms with E-state index in [1.165, 1.54) is 19.3 Å². The fraction of sp³-hybridized carbons (Fsp3) is 0.357. The van der Waals surface area contributed by atoms with E-state index in [9.17, 15) is 5.11 Å². The molecule has 1 aliphatic heterocycles. The van der Waals surface area contributed by atoms with Gasteiger partial charge in [0.15, 0.2) is 0 Å². The van der Waals surface area contributed by atoms with Crippen LogP contribution in [0.1, 0.15) is 48.8 Å². The molecule has 0 amide bonds. The van der Waals surface area contributed by atoms with E-state index >= 15 is 0 Å². The first-order chi connectivity index (χ1) is 15.2. The minimum atomic E-state index is -1.15. The lowest BCUT2D eigenvalue weighted by molar-refractivity contribution is 0.0310. The molecule has 1 heterocycles. The third kappa shape index (κ3) is 4.84. The Labute approximate surface area is 186 Å². The summed E-state index contributed by atoms with van der Waals surface area (Å²) >= 11 is 0. The molecule has 2 atom stereocenters.